The van der Waals surface area contributed by atoms with Gasteiger partial charge in [-0.2, -0.15) is 0 Å². The Kier molecular flexibility index (Phi) is 6.72. The Hall–Kier alpha value is -3.35. The zero-order valence-corrected chi connectivity index (χ0v) is 17.1. The van der Waals surface area contributed by atoms with E-state index in [4.69, 9.17) is 9.84 Å². The predicted molar refractivity (Wildman–Crippen MR) is 112 cm³/mol. The number of nitrogens with zero attached hydrogens (tertiary/aromatic N) is 1. The van der Waals surface area contributed by atoms with Crippen molar-refractivity contribution in [1.29, 1.82) is 0 Å². The minimum atomic E-state index is -0.967. The maximum atomic E-state index is 12.3. The summed E-state index contributed by atoms with van der Waals surface area (Å²) in [6, 6.07) is 16.1. The van der Waals surface area contributed by atoms with Crippen LogP contribution in [0.1, 0.15) is 30.9 Å². The van der Waals surface area contributed by atoms with E-state index in [2.05, 4.69) is 17.4 Å². The van der Waals surface area contributed by atoms with Gasteiger partial charge in [-0.25, -0.2) is 4.79 Å². The van der Waals surface area contributed by atoms with Crippen LogP contribution in [0.25, 0.3) is 11.1 Å². The number of fused-ring (bicyclic) bond motifs is 3. The van der Waals surface area contributed by atoms with Crippen molar-refractivity contribution in [3.05, 3.63) is 59.7 Å². The standard InChI is InChI=1S/C23H26N2O5/c1-3-25(13-15(2)22(27)28)21(26)12-24-23(29)30-14-20-18-10-6-4-8-16(18)17-9-5-7-11-19(17)20/h4-11,15,20H,3,12-14H2,1-2H3,(H,24,29)(H,27,28). The lowest BCUT2D eigenvalue weighted by molar-refractivity contribution is -0.142. The van der Waals surface area contributed by atoms with E-state index < -0.39 is 18.0 Å². The van der Waals surface area contributed by atoms with Gasteiger partial charge in [0.1, 0.15) is 13.2 Å². The summed E-state index contributed by atoms with van der Waals surface area (Å²) in [6.07, 6.45) is -0.674. The molecule has 1 aliphatic rings. The van der Waals surface area contributed by atoms with Crippen LogP contribution in [0.15, 0.2) is 48.5 Å². The second-order valence-electron chi connectivity index (χ2n) is 7.35. The molecule has 3 rings (SSSR count). The Balaban J connectivity index is 1.55. The first-order chi connectivity index (χ1) is 14.4. The maximum absolute atomic E-state index is 12.3. The molecular weight excluding hydrogens is 384 g/mol. The highest BCUT2D eigenvalue weighted by Crippen LogP contribution is 2.44. The number of carbonyl (C=O) groups excluding carboxylic acids is 2. The summed E-state index contributed by atoms with van der Waals surface area (Å²) in [4.78, 5) is 36.9. The Labute approximate surface area is 175 Å². The van der Waals surface area contributed by atoms with E-state index in [1.54, 1.807) is 6.92 Å². The molecule has 0 aliphatic heterocycles. The largest absolute Gasteiger partial charge is 0.481 e. The van der Waals surface area contributed by atoms with E-state index in [0.29, 0.717) is 6.54 Å². The SMILES string of the molecule is CCN(CC(C)C(=O)O)C(=O)CNC(=O)OCC1c2ccccc2-c2ccccc21. The number of aliphatic carboxylic acids is 1. The minimum Gasteiger partial charge on any atom is -0.481 e. The molecule has 2 amide bonds. The van der Waals surface area contributed by atoms with E-state index >= 15 is 0 Å². The van der Waals surface area contributed by atoms with Gasteiger partial charge in [-0.05, 0) is 29.2 Å². The van der Waals surface area contributed by atoms with Gasteiger partial charge in [0.25, 0.3) is 0 Å². The van der Waals surface area contributed by atoms with Crippen molar-refractivity contribution in [2.45, 2.75) is 19.8 Å². The minimum absolute atomic E-state index is 0.0533. The fourth-order valence-electron chi connectivity index (χ4n) is 3.72. The fourth-order valence-corrected chi connectivity index (χ4v) is 3.72. The molecule has 7 heteroatoms. The van der Waals surface area contributed by atoms with Crippen LogP contribution in [0.5, 0.6) is 0 Å². The summed E-state index contributed by atoms with van der Waals surface area (Å²) in [5.74, 6) is -2.05. The van der Waals surface area contributed by atoms with Crippen molar-refractivity contribution >= 4 is 18.0 Å². The van der Waals surface area contributed by atoms with E-state index in [1.165, 1.54) is 11.8 Å². The number of ether oxygens (including phenoxy) is 1. The summed E-state index contributed by atoms with van der Waals surface area (Å²) in [7, 11) is 0. The van der Waals surface area contributed by atoms with Crippen LogP contribution in [0.3, 0.4) is 0 Å². The van der Waals surface area contributed by atoms with Crippen LogP contribution in [-0.2, 0) is 14.3 Å². The highest BCUT2D eigenvalue weighted by atomic mass is 16.5. The molecular formula is C23H26N2O5. The molecule has 0 fully saturated rings. The monoisotopic (exact) mass is 410 g/mol. The van der Waals surface area contributed by atoms with Crippen molar-refractivity contribution in [3.8, 4) is 11.1 Å². The highest BCUT2D eigenvalue weighted by molar-refractivity contribution is 5.83. The van der Waals surface area contributed by atoms with Crippen molar-refractivity contribution in [2.24, 2.45) is 5.92 Å². The number of likely N-dealkylation sites (N-methyl/N-ethyl adjacent to an activating group) is 1. The number of amides is 2. The smallest absolute Gasteiger partial charge is 0.407 e. The summed E-state index contributed by atoms with van der Waals surface area (Å²) in [5, 5.41) is 11.5. The van der Waals surface area contributed by atoms with Gasteiger partial charge in [-0.15, -0.1) is 0 Å². The molecule has 158 valence electrons. The van der Waals surface area contributed by atoms with Gasteiger partial charge in [-0.1, -0.05) is 55.5 Å². The molecule has 30 heavy (non-hydrogen) atoms. The molecule has 1 aliphatic carbocycles. The quantitative estimate of drug-likeness (QED) is 0.697. The first-order valence-corrected chi connectivity index (χ1v) is 10.0. The van der Waals surface area contributed by atoms with Gasteiger partial charge in [0.05, 0.1) is 5.92 Å². The van der Waals surface area contributed by atoms with E-state index in [9.17, 15) is 14.4 Å². The number of hydrogen-bond acceptors (Lipinski definition) is 4. The van der Waals surface area contributed by atoms with Crippen LogP contribution >= 0.6 is 0 Å². The summed E-state index contributed by atoms with van der Waals surface area (Å²) in [6.45, 7) is 3.69. The van der Waals surface area contributed by atoms with Crippen molar-refractivity contribution in [1.82, 2.24) is 10.2 Å². The Morgan fingerprint density at radius 3 is 2.17 bits per heavy atom. The average Bonchev–Trinajstić information content (AvgIpc) is 3.07. The summed E-state index contributed by atoms with van der Waals surface area (Å²) in [5.41, 5.74) is 4.51. The number of rotatable bonds is 8. The van der Waals surface area contributed by atoms with Crippen LogP contribution in [-0.4, -0.2) is 54.2 Å². The molecule has 1 atom stereocenters. The Morgan fingerprint density at radius 2 is 1.63 bits per heavy atom. The number of alkyl carbamates (subject to hydrolysis) is 1. The molecule has 2 aromatic carbocycles. The molecule has 0 bridgehead atoms. The van der Waals surface area contributed by atoms with Gasteiger partial charge in [-0.3, -0.25) is 9.59 Å². The predicted octanol–water partition coefficient (Wildman–Crippen LogP) is 3.09. The third kappa shape index (κ3) is 4.62. The third-order valence-corrected chi connectivity index (χ3v) is 5.38. The third-order valence-electron chi connectivity index (χ3n) is 5.38. The zero-order chi connectivity index (χ0) is 21.7. The molecule has 0 spiro atoms. The van der Waals surface area contributed by atoms with Gasteiger partial charge in [0, 0.05) is 19.0 Å². The lowest BCUT2D eigenvalue weighted by Gasteiger charge is -2.23. The van der Waals surface area contributed by atoms with E-state index in [1.807, 2.05) is 36.4 Å². The average molecular weight is 410 g/mol. The summed E-state index contributed by atoms with van der Waals surface area (Å²) < 4.78 is 5.41. The lowest BCUT2D eigenvalue weighted by atomic mass is 9.98. The van der Waals surface area contributed by atoms with Gasteiger partial charge in [0.2, 0.25) is 5.91 Å². The number of carboxylic acids is 1. The topological polar surface area (TPSA) is 95.9 Å². The number of carbonyl (C=O) groups is 3. The number of nitrogens with one attached hydrogen (secondary N) is 1. The molecule has 0 saturated heterocycles. The number of benzene rings is 2. The first kappa shape index (κ1) is 21.4. The fraction of sp³-hybridized carbons (Fsp3) is 0.348. The van der Waals surface area contributed by atoms with Gasteiger partial charge >= 0.3 is 12.1 Å². The maximum Gasteiger partial charge on any atom is 0.407 e. The van der Waals surface area contributed by atoms with E-state index in [0.717, 1.165) is 22.3 Å². The zero-order valence-electron chi connectivity index (χ0n) is 17.1. The number of carboxylic acid groups (broad SMARTS) is 1. The second kappa shape index (κ2) is 9.43. The summed E-state index contributed by atoms with van der Waals surface area (Å²) >= 11 is 0. The highest BCUT2D eigenvalue weighted by Gasteiger charge is 2.29. The Bertz CT molecular complexity index is 897. The molecule has 2 aromatic rings. The molecule has 0 saturated carbocycles. The number of hydrogen-bond donors (Lipinski definition) is 2. The second-order valence-corrected chi connectivity index (χ2v) is 7.35. The van der Waals surface area contributed by atoms with Crippen molar-refractivity contribution in [3.63, 3.8) is 0 Å². The van der Waals surface area contributed by atoms with Crippen molar-refractivity contribution in [2.75, 3.05) is 26.2 Å². The van der Waals surface area contributed by atoms with Gasteiger partial charge in [0.15, 0.2) is 0 Å². The van der Waals surface area contributed by atoms with E-state index in [-0.39, 0.29) is 31.5 Å². The van der Waals surface area contributed by atoms with Crippen LogP contribution < -0.4 is 5.32 Å². The lowest BCUT2D eigenvalue weighted by Crippen LogP contribution is -2.43. The van der Waals surface area contributed by atoms with Gasteiger partial charge < -0.3 is 20.1 Å². The van der Waals surface area contributed by atoms with Crippen LogP contribution in [0.4, 0.5) is 4.79 Å². The Morgan fingerprint density at radius 1 is 1.07 bits per heavy atom. The molecule has 1 unspecified atom stereocenters. The molecule has 7 nitrogen and oxygen atoms in total. The molecule has 0 heterocycles. The molecule has 2 N–H and O–H groups in total. The first-order valence-electron chi connectivity index (χ1n) is 10.0. The molecule has 0 aromatic heterocycles. The normalized spacial score (nSPS) is 13.1. The van der Waals surface area contributed by atoms with Crippen molar-refractivity contribution < 1.29 is 24.2 Å². The van der Waals surface area contributed by atoms with Crippen LogP contribution in [0, 0.1) is 5.92 Å². The van der Waals surface area contributed by atoms with Crippen LogP contribution in [0.2, 0.25) is 0 Å². The molecule has 0 radical (unpaired) electrons.